The summed E-state index contributed by atoms with van der Waals surface area (Å²) < 4.78 is 5.01. The third kappa shape index (κ3) is 2.39. The summed E-state index contributed by atoms with van der Waals surface area (Å²) in [6.07, 6.45) is 0. The van der Waals surface area contributed by atoms with Crippen LogP contribution >= 0.6 is 0 Å². The van der Waals surface area contributed by atoms with Gasteiger partial charge in [-0.15, -0.1) is 0 Å². The number of carboxylic acids is 1. The van der Waals surface area contributed by atoms with Gasteiger partial charge in [-0.25, -0.2) is 4.79 Å². The zero-order valence-electron chi connectivity index (χ0n) is 9.91. The lowest BCUT2D eigenvalue weighted by Gasteiger charge is -2.04. The maximum absolute atomic E-state index is 11.0. The number of aromatic nitrogens is 1. The number of hydrogen-bond acceptors (Lipinski definition) is 4. The molecular formula is C12H10N2O5. The van der Waals surface area contributed by atoms with E-state index >= 15 is 0 Å². The molecule has 0 aliphatic carbocycles. The second kappa shape index (κ2) is 4.81. The Morgan fingerprint density at radius 1 is 1.37 bits per heavy atom. The maximum Gasteiger partial charge on any atom is 0.352 e. The lowest BCUT2D eigenvalue weighted by molar-refractivity contribution is -0.384. The van der Waals surface area contributed by atoms with Gasteiger partial charge in [0.1, 0.15) is 11.4 Å². The van der Waals surface area contributed by atoms with Gasteiger partial charge in [0.05, 0.1) is 23.3 Å². The molecule has 0 saturated heterocycles. The number of carbonyl (C=O) groups is 1. The second-order valence-electron chi connectivity index (χ2n) is 3.73. The van der Waals surface area contributed by atoms with E-state index in [1.54, 1.807) is 0 Å². The average Bonchev–Trinajstić information content (AvgIpc) is 2.87. The van der Waals surface area contributed by atoms with E-state index in [0.29, 0.717) is 11.4 Å². The monoisotopic (exact) mass is 262 g/mol. The number of ether oxygens (including phenoxy) is 1. The number of nitro benzene ring substituents is 1. The van der Waals surface area contributed by atoms with Crippen molar-refractivity contribution >= 4 is 11.7 Å². The van der Waals surface area contributed by atoms with Crippen LogP contribution in [0.15, 0.2) is 30.3 Å². The van der Waals surface area contributed by atoms with Crippen LogP contribution in [0.2, 0.25) is 0 Å². The molecule has 0 spiro atoms. The summed E-state index contributed by atoms with van der Waals surface area (Å²) in [5.74, 6) is -0.677. The number of aromatic amines is 1. The molecular weight excluding hydrogens is 252 g/mol. The number of benzene rings is 1. The van der Waals surface area contributed by atoms with Gasteiger partial charge in [0, 0.05) is 6.07 Å². The first-order valence-electron chi connectivity index (χ1n) is 5.28. The molecule has 0 unspecified atom stereocenters. The molecule has 1 aromatic carbocycles. The minimum atomic E-state index is -1.13. The fraction of sp³-hybridized carbons (Fsp3) is 0.0833. The predicted octanol–water partition coefficient (Wildman–Crippen LogP) is 2.30. The Labute approximate surface area is 107 Å². The summed E-state index contributed by atoms with van der Waals surface area (Å²) in [6, 6.07) is 7.10. The van der Waals surface area contributed by atoms with E-state index in [-0.39, 0.29) is 16.9 Å². The van der Waals surface area contributed by atoms with Gasteiger partial charge in [0.2, 0.25) is 0 Å². The van der Waals surface area contributed by atoms with Gasteiger partial charge in [-0.3, -0.25) is 10.1 Å². The molecule has 0 amide bonds. The molecule has 7 heteroatoms. The molecule has 98 valence electrons. The number of methoxy groups -OCH3 is 1. The summed E-state index contributed by atoms with van der Waals surface area (Å²) in [6.45, 7) is 0. The van der Waals surface area contributed by atoms with E-state index in [2.05, 4.69) is 4.98 Å². The topological polar surface area (TPSA) is 105 Å². The molecule has 2 N–H and O–H groups in total. The normalized spacial score (nSPS) is 10.2. The molecule has 1 aromatic heterocycles. The minimum Gasteiger partial charge on any atom is -0.497 e. The Bertz CT molecular complexity index is 647. The van der Waals surface area contributed by atoms with Gasteiger partial charge < -0.3 is 14.8 Å². The van der Waals surface area contributed by atoms with E-state index in [1.165, 1.54) is 37.4 Å². The number of rotatable bonds is 4. The molecule has 0 atom stereocenters. The molecule has 7 nitrogen and oxygen atoms in total. The van der Waals surface area contributed by atoms with Crippen molar-refractivity contribution in [2.45, 2.75) is 0 Å². The Morgan fingerprint density at radius 2 is 2.11 bits per heavy atom. The van der Waals surface area contributed by atoms with Crippen LogP contribution < -0.4 is 4.74 Å². The van der Waals surface area contributed by atoms with Gasteiger partial charge >= 0.3 is 5.97 Å². The first-order valence-corrected chi connectivity index (χ1v) is 5.28. The average molecular weight is 262 g/mol. The molecule has 19 heavy (non-hydrogen) atoms. The lowest BCUT2D eigenvalue weighted by Crippen LogP contribution is -1.97. The number of nitrogens with zero attached hydrogens (tertiary/aromatic N) is 1. The number of hydrogen-bond donors (Lipinski definition) is 2. The second-order valence-corrected chi connectivity index (χ2v) is 3.73. The third-order valence-electron chi connectivity index (χ3n) is 2.61. The molecule has 0 fully saturated rings. The van der Waals surface area contributed by atoms with Crippen molar-refractivity contribution in [1.82, 2.24) is 4.98 Å². The van der Waals surface area contributed by atoms with Crippen LogP contribution in [0.25, 0.3) is 11.3 Å². The molecule has 1 heterocycles. The molecule has 0 aliphatic heterocycles. The fourth-order valence-corrected chi connectivity index (χ4v) is 1.69. The first-order chi connectivity index (χ1) is 9.02. The summed E-state index contributed by atoms with van der Waals surface area (Å²) >= 11 is 0. The number of nitrogens with one attached hydrogen (secondary N) is 1. The lowest BCUT2D eigenvalue weighted by atomic mass is 10.1. The molecule has 2 aromatic rings. The molecule has 0 saturated carbocycles. The zero-order valence-corrected chi connectivity index (χ0v) is 9.91. The van der Waals surface area contributed by atoms with Crippen LogP contribution in [0.4, 0.5) is 5.69 Å². The van der Waals surface area contributed by atoms with Crippen molar-refractivity contribution in [3.63, 3.8) is 0 Å². The van der Waals surface area contributed by atoms with Gasteiger partial charge in [-0.2, -0.15) is 0 Å². The van der Waals surface area contributed by atoms with Gasteiger partial charge in [0.25, 0.3) is 5.69 Å². The Morgan fingerprint density at radius 3 is 2.63 bits per heavy atom. The highest BCUT2D eigenvalue weighted by atomic mass is 16.6. The third-order valence-corrected chi connectivity index (χ3v) is 2.61. The zero-order chi connectivity index (χ0) is 14.0. The Hall–Kier alpha value is -2.83. The van der Waals surface area contributed by atoms with E-state index in [0.717, 1.165) is 0 Å². The van der Waals surface area contributed by atoms with Crippen molar-refractivity contribution in [2.24, 2.45) is 0 Å². The van der Waals surface area contributed by atoms with Crippen LogP contribution in [0.3, 0.4) is 0 Å². The fourth-order valence-electron chi connectivity index (χ4n) is 1.69. The SMILES string of the molecule is COc1ccc([N+](=O)[O-])c(-c2ccc(C(=O)O)[nH]2)c1. The first kappa shape index (κ1) is 12.6. The summed E-state index contributed by atoms with van der Waals surface area (Å²) in [7, 11) is 1.45. The number of aromatic carboxylic acids is 1. The van der Waals surface area contributed by atoms with Crippen LogP contribution in [-0.2, 0) is 0 Å². The van der Waals surface area contributed by atoms with Crippen LogP contribution in [-0.4, -0.2) is 28.1 Å². The molecule has 0 aliphatic rings. The van der Waals surface area contributed by atoms with Gasteiger partial charge in [-0.1, -0.05) is 0 Å². The van der Waals surface area contributed by atoms with Gasteiger partial charge in [-0.05, 0) is 24.3 Å². The number of nitro groups is 1. The highest BCUT2D eigenvalue weighted by molar-refractivity contribution is 5.87. The van der Waals surface area contributed by atoms with E-state index in [1.807, 2.05) is 0 Å². The van der Waals surface area contributed by atoms with E-state index < -0.39 is 10.9 Å². The van der Waals surface area contributed by atoms with Crippen LogP contribution in [0.1, 0.15) is 10.5 Å². The minimum absolute atomic E-state index is 0.0351. The summed E-state index contributed by atoms with van der Waals surface area (Å²) in [5, 5.41) is 19.8. The predicted molar refractivity (Wildman–Crippen MR) is 66.4 cm³/mol. The standard InChI is InChI=1S/C12H10N2O5/c1-19-7-2-5-11(14(17)18)8(6-7)9-3-4-10(13-9)12(15)16/h2-6,13H,1H3,(H,15,16). The Kier molecular flexibility index (Phi) is 3.19. The Balaban J connectivity index is 2.57. The molecule has 0 radical (unpaired) electrons. The van der Waals surface area contributed by atoms with E-state index in [4.69, 9.17) is 9.84 Å². The van der Waals surface area contributed by atoms with Crippen LogP contribution in [0, 0.1) is 10.1 Å². The van der Waals surface area contributed by atoms with Crippen molar-refractivity contribution in [3.8, 4) is 17.0 Å². The van der Waals surface area contributed by atoms with Crippen LogP contribution in [0.5, 0.6) is 5.75 Å². The van der Waals surface area contributed by atoms with Gasteiger partial charge in [0.15, 0.2) is 0 Å². The van der Waals surface area contributed by atoms with Crippen molar-refractivity contribution < 1.29 is 19.6 Å². The smallest absolute Gasteiger partial charge is 0.352 e. The number of carboxylic acid groups (broad SMARTS) is 1. The largest absolute Gasteiger partial charge is 0.497 e. The summed E-state index contributed by atoms with van der Waals surface area (Å²) in [5.41, 5.74) is 0.464. The van der Waals surface area contributed by atoms with Crippen molar-refractivity contribution in [1.29, 1.82) is 0 Å². The van der Waals surface area contributed by atoms with E-state index in [9.17, 15) is 14.9 Å². The molecule has 2 rings (SSSR count). The van der Waals surface area contributed by atoms with Crippen molar-refractivity contribution in [3.05, 3.63) is 46.1 Å². The van der Waals surface area contributed by atoms with Crippen molar-refractivity contribution in [2.75, 3.05) is 7.11 Å². The molecule has 0 bridgehead atoms. The quantitative estimate of drug-likeness (QED) is 0.649. The highest BCUT2D eigenvalue weighted by Crippen LogP contribution is 2.32. The highest BCUT2D eigenvalue weighted by Gasteiger charge is 2.18. The summed E-state index contributed by atoms with van der Waals surface area (Å²) in [4.78, 5) is 23.9. The number of H-pyrrole nitrogens is 1. The maximum atomic E-state index is 11.0.